The van der Waals surface area contributed by atoms with Crippen molar-refractivity contribution in [2.24, 2.45) is 4.99 Å². The first-order valence-electron chi connectivity index (χ1n) is 7.92. The highest BCUT2D eigenvalue weighted by molar-refractivity contribution is 5.73. The van der Waals surface area contributed by atoms with Crippen LogP contribution < -0.4 is 15.0 Å². The van der Waals surface area contributed by atoms with Crippen LogP contribution in [0, 0.1) is 0 Å². The van der Waals surface area contributed by atoms with E-state index in [0.29, 0.717) is 0 Å². The van der Waals surface area contributed by atoms with Crippen LogP contribution in [-0.2, 0) is 13.1 Å². The minimum atomic E-state index is 0.0524. The Morgan fingerprint density at radius 3 is 2.48 bits per heavy atom. The zero-order valence-corrected chi connectivity index (χ0v) is 13.9. The fourth-order valence-corrected chi connectivity index (χ4v) is 2.55. The molecular weight excluding hydrogens is 286 g/mol. The molecule has 0 aliphatic carbocycles. The molecule has 1 aliphatic rings. The number of benzene rings is 2. The first kappa shape index (κ1) is 15.6. The molecule has 4 heteroatoms. The molecule has 0 aromatic heterocycles. The maximum Gasteiger partial charge on any atom is 0.145 e. The van der Waals surface area contributed by atoms with Gasteiger partial charge in [-0.3, -0.25) is 4.99 Å². The molecule has 0 bridgehead atoms. The summed E-state index contributed by atoms with van der Waals surface area (Å²) in [5.41, 5.74) is 4.63. The van der Waals surface area contributed by atoms with Gasteiger partial charge in [-0.1, -0.05) is 18.2 Å². The second-order valence-corrected chi connectivity index (χ2v) is 6.07. The average molecular weight is 309 g/mol. The predicted molar refractivity (Wildman–Crippen MR) is 96.0 cm³/mol. The molecule has 0 fully saturated rings. The average Bonchev–Trinajstić information content (AvgIpc) is 2.55. The summed E-state index contributed by atoms with van der Waals surface area (Å²) in [4.78, 5) is 6.55. The molecule has 1 heterocycles. The van der Waals surface area contributed by atoms with Gasteiger partial charge in [-0.2, -0.15) is 0 Å². The smallest absolute Gasteiger partial charge is 0.145 e. The predicted octanol–water partition coefficient (Wildman–Crippen LogP) is 3.53. The Morgan fingerprint density at radius 1 is 1.04 bits per heavy atom. The molecule has 3 rings (SSSR count). The van der Waals surface area contributed by atoms with Gasteiger partial charge < -0.3 is 15.0 Å². The van der Waals surface area contributed by atoms with Crippen LogP contribution in [0.25, 0.3) is 0 Å². The van der Waals surface area contributed by atoms with Crippen molar-refractivity contribution in [1.29, 1.82) is 0 Å². The first-order chi connectivity index (χ1) is 11.1. The van der Waals surface area contributed by atoms with Gasteiger partial charge in [0.25, 0.3) is 0 Å². The Hall–Kier alpha value is -2.33. The summed E-state index contributed by atoms with van der Waals surface area (Å²) in [6.07, 6.45) is 1.89. The van der Waals surface area contributed by atoms with Crippen LogP contribution in [0.15, 0.2) is 47.5 Å². The summed E-state index contributed by atoms with van der Waals surface area (Å²) in [6, 6.07) is 14.8. The van der Waals surface area contributed by atoms with Gasteiger partial charge in [0, 0.05) is 39.1 Å². The summed E-state index contributed by atoms with van der Waals surface area (Å²) in [7, 11) is 4.10. The van der Waals surface area contributed by atoms with Crippen molar-refractivity contribution < 1.29 is 4.74 Å². The number of nitrogens with zero attached hydrogens (tertiary/aromatic N) is 2. The van der Waals surface area contributed by atoms with Crippen LogP contribution in [0.4, 0.5) is 11.4 Å². The molecule has 23 heavy (non-hydrogen) atoms. The van der Waals surface area contributed by atoms with Crippen LogP contribution in [0.2, 0.25) is 0 Å². The maximum absolute atomic E-state index is 5.72. The largest absolute Gasteiger partial charge is 0.483 e. The Bertz CT molecular complexity index is 692. The number of hydrogen-bond acceptors (Lipinski definition) is 4. The van der Waals surface area contributed by atoms with Gasteiger partial charge in [0.2, 0.25) is 0 Å². The lowest BCUT2D eigenvalue weighted by atomic mass is 10.1. The van der Waals surface area contributed by atoms with Crippen molar-refractivity contribution in [2.75, 3.05) is 19.0 Å². The highest BCUT2D eigenvalue weighted by atomic mass is 16.5. The van der Waals surface area contributed by atoms with E-state index in [-0.39, 0.29) is 6.10 Å². The van der Waals surface area contributed by atoms with Crippen molar-refractivity contribution in [3.05, 3.63) is 53.6 Å². The Morgan fingerprint density at radius 2 is 1.74 bits per heavy atom. The van der Waals surface area contributed by atoms with Crippen LogP contribution >= 0.6 is 0 Å². The normalized spacial score (nSPS) is 15.9. The number of hydrogen-bond donors (Lipinski definition) is 1. The van der Waals surface area contributed by atoms with Crippen LogP contribution in [-0.4, -0.2) is 26.4 Å². The fraction of sp³-hybridized carbons (Fsp3) is 0.316. The van der Waals surface area contributed by atoms with E-state index in [9.17, 15) is 0 Å². The van der Waals surface area contributed by atoms with E-state index < -0.39 is 0 Å². The van der Waals surface area contributed by atoms with Crippen molar-refractivity contribution in [1.82, 2.24) is 5.32 Å². The van der Waals surface area contributed by atoms with Crippen LogP contribution in [0.1, 0.15) is 18.1 Å². The lowest BCUT2D eigenvalue weighted by Crippen LogP contribution is -2.16. The molecule has 0 saturated heterocycles. The van der Waals surface area contributed by atoms with E-state index in [0.717, 1.165) is 24.5 Å². The van der Waals surface area contributed by atoms with Gasteiger partial charge >= 0.3 is 0 Å². The maximum atomic E-state index is 5.72. The van der Waals surface area contributed by atoms with Gasteiger partial charge in [-0.15, -0.1) is 0 Å². The summed E-state index contributed by atoms with van der Waals surface area (Å²) in [5, 5.41) is 3.48. The zero-order valence-electron chi connectivity index (χ0n) is 13.9. The Labute approximate surface area is 137 Å². The highest BCUT2D eigenvalue weighted by Gasteiger charge is 2.12. The van der Waals surface area contributed by atoms with Gasteiger partial charge in [0.15, 0.2) is 0 Å². The third-order valence-electron chi connectivity index (χ3n) is 3.87. The topological polar surface area (TPSA) is 36.9 Å². The van der Waals surface area contributed by atoms with E-state index >= 15 is 0 Å². The van der Waals surface area contributed by atoms with Crippen LogP contribution in [0.3, 0.4) is 0 Å². The number of nitrogens with one attached hydrogen (secondary N) is 1. The molecule has 0 radical (unpaired) electrons. The summed E-state index contributed by atoms with van der Waals surface area (Å²) in [5.74, 6) is 0.864. The van der Waals surface area contributed by atoms with Gasteiger partial charge in [0.1, 0.15) is 17.5 Å². The van der Waals surface area contributed by atoms with Crippen LogP contribution in [0.5, 0.6) is 5.75 Å². The molecule has 1 N–H and O–H groups in total. The minimum absolute atomic E-state index is 0.0524. The number of aliphatic imine (C=N–C) groups is 1. The van der Waals surface area contributed by atoms with Crippen molar-refractivity contribution in [3.63, 3.8) is 0 Å². The Kier molecular flexibility index (Phi) is 4.63. The quantitative estimate of drug-likeness (QED) is 0.918. The number of anilines is 1. The second-order valence-electron chi connectivity index (χ2n) is 6.07. The monoisotopic (exact) mass is 309 g/mol. The number of ether oxygens (including phenoxy) is 1. The van der Waals surface area contributed by atoms with E-state index in [4.69, 9.17) is 4.74 Å². The van der Waals surface area contributed by atoms with E-state index in [1.54, 1.807) is 0 Å². The molecule has 0 spiro atoms. The summed E-state index contributed by atoms with van der Waals surface area (Å²) >= 11 is 0. The molecule has 2 aromatic rings. The highest BCUT2D eigenvalue weighted by Crippen LogP contribution is 2.31. The third kappa shape index (κ3) is 3.90. The van der Waals surface area contributed by atoms with Gasteiger partial charge in [-0.25, -0.2) is 0 Å². The molecule has 2 aromatic carbocycles. The molecule has 0 saturated carbocycles. The standard InChI is InChI=1S/C19H23N3O/c1-14-11-21-18-10-16(6-9-19(18)23-14)13-20-12-15-4-7-17(8-5-15)22(2)3/h4-11,14,20H,12-13H2,1-3H3. The molecular formula is C19H23N3O. The number of fused-ring (bicyclic) bond motifs is 1. The molecule has 120 valence electrons. The van der Waals surface area contributed by atoms with Crippen molar-refractivity contribution in [2.45, 2.75) is 26.1 Å². The minimum Gasteiger partial charge on any atom is -0.483 e. The van der Waals surface area contributed by atoms with Gasteiger partial charge in [-0.05, 0) is 42.3 Å². The summed E-state index contributed by atoms with van der Waals surface area (Å²) in [6.45, 7) is 3.65. The fourth-order valence-electron chi connectivity index (χ4n) is 2.55. The molecule has 4 nitrogen and oxygen atoms in total. The molecule has 1 atom stereocenters. The Balaban J connectivity index is 1.56. The second kappa shape index (κ2) is 6.84. The molecule has 1 unspecified atom stereocenters. The first-order valence-corrected chi connectivity index (χ1v) is 7.92. The molecule has 0 amide bonds. The van der Waals surface area contributed by atoms with E-state index in [1.807, 2.05) is 19.2 Å². The van der Waals surface area contributed by atoms with Crippen molar-refractivity contribution in [3.8, 4) is 5.75 Å². The number of rotatable bonds is 5. The SMILES string of the molecule is CC1C=Nc2cc(CNCc3ccc(N(C)C)cc3)ccc2O1. The summed E-state index contributed by atoms with van der Waals surface area (Å²) < 4.78 is 5.72. The third-order valence-corrected chi connectivity index (χ3v) is 3.87. The van der Waals surface area contributed by atoms with E-state index in [1.165, 1.54) is 16.8 Å². The molecule has 1 aliphatic heterocycles. The van der Waals surface area contributed by atoms with Gasteiger partial charge in [0.05, 0.1) is 0 Å². The lowest BCUT2D eigenvalue weighted by Gasteiger charge is -2.18. The van der Waals surface area contributed by atoms with Crippen molar-refractivity contribution >= 4 is 17.6 Å². The van der Waals surface area contributed by atoms with E-state index in [2.05, 4.69) is 65.7 Å². The lowest BCUT2D eigenvalue weighted by molar-refractivity contribution is 0.288. The zero-order chi connectivity index (χ0) is 16.2.